The molecule has 1 heterocycles. The van der Waals surface area contributed by atoms with Gasteiger partial charge in [0.1, 0.15) is 0 Å². The summed E-state index contributed by atoms with van der Waals surface area (Å²) in [5.41, 5.74) is 6.46. The van der Waals surface area contributed by atoms with Gasteiger partial charge in [-0.3, -0.25) is 4.79 Å². The van der Waals surface area contributed by atoms with Gasteiger partial charge in [-0.1, -0.05) is 94.0 Å². The van der Waals surface area contributed by atoms with Crippen LogP contribution in [0.1, 0.15) is 23.6 Å². The van der Waals surface area contributed by atoms with Crippen LogP contribution >= 0.6 is 58.1 Å². The molecule has 10 heteroatoms. The Morgan fingerprint density at radius 1 is 1.07 bits per heavy atom. The van der Waals surface area contributed by atoms with Crippen molar-refractivity contribution in [3.8, 4) is 0 Å². The van der Waals surface area contributed by atoms with E-state index in [1.54, 1.807) is 36.9 Å². The Bertz CT molecular complexity index is 1050. The molecule has 3 rings (SSSR count). The Labute approximate surface area is 197 Å². The van der Waals surface area contributed by atoms with Crippen molar-refractivity contribution in [2.75, 3.05) is 5.75 Å². The Hall–Kier alpha value is -1.58. The number of hydrogen-bond acceptors (Lipinski definition) is 7. The molecule has 0 unspecified atom stereocenters. The van der Waals surface area contributed by atoms with Gasteiger partial charge in [0.05, 0.1) is 21.5 Å². The molecule has 0 bridgehead atoms. The van der Waals surface area contributed by atoms with Crippen LogP contribution in [0, 0.1) is 6.92 Å². The number of aromatic nitrogens is 2. The van der Waals surface area contributed by atoms with Crippen molar-refractivity contribution in [3.63, 3.8) is 0 Å². The van der Waals surface area contributed by atoms with Crippen LogP contribution in [-0.4, -0.2) is 27.6 Å². The minimum atomic E-state index is -0.219. The van der Waals surface area contributed by atoms with E-state index in [4.69, 9.17) is 23.2 Å². The number of aryl methyl sites for hydroxylation is 1. The molecule has 0 atom stereocenters. The monoisotopic (exact) mass is 496 g/mol. The van der Waals surface area contributed by atoms with Crippen LogP contribution in [0.15, 0.2) is 56.2 Å². The highest BCUT2D eigenvalue weighted by Crippen LogP contribution is 2.30. The van der Waals surface area contributed by atoms with Crippen LogP contribution in [0.5, 0.6) is 0 Å². The maximum Gasteiger partial charge on any atom is 0.250 e. The molecule has 0 spiro atoms. The highest BCUT2D eigenvalue weighted by Gasteiger charge is 2.09. The van der Waals surface area contributed by atoms with Crippen LogP contribution < -0.4 is 5.43 Å². The van der Waals surface area contributed by atoms with E-state index in [1.165, 1.54) is 34.2 Å². The van der Waals surface area contributed by atoms with Crippen LogP contribution in [-0.2, 0) is 10.5 Å². The summed E-state index contributed by atoms with van der Waals surface area (Å²) in [6.07, 6.45) is 0. The second-order valence-electron chi connectivity index (χ2n) is 6.26. The molecule has 0 aliphatic rings. The van der Waals surface area contributed by atoms with Gasteiger partial charge < -0.3 is 0 Å². The third-order valence-corrected chi connectivity index (χ3v) is 7.88. The number of carbonyl (C=O) groups is 1. The van der Waals surface area contributed by atoms with Crippen molar-refractivity contribution in [2.45, 2.75) is 28.3 Å². The zero-order valence-electron chi connectivity index (χ0n) is 16.2. The van der Waals surface area contributed by atoms with Gasteiger partial charge >= 0.3 is 0 Å². The number of hydrogen-bond donors (Lipinski definition) is 1. The molecule has 1 amide bonds. The Morgan fingerprint density at radius 3 is 2.47 bits per heavy atom. The van der Waals surface area contributed by atoms with Crippen molar-refractivity contribution in [2.24, 2.45) is 5.10 Å². The van der Waals surface area contributed by atoms with Gasteiger partial charge in [0.2, 0.25) is 0 Å². The lowest BCUT2D eigenvalue weighted by Gasteiger charge is -2.04. The fourth-order valence-corrected chi connectivity index (χ4v) is 5.30. The summed E-state index contributed by atoms with van der Waals surface area (Å²) in [7, 11) is 0. The molecule has 5 nitrogen and oxygen atoms in total. The van der Waals surface area contributed by atoms with Gasteiger partial charge in [0.15, 0.2) is 8.68 Å². The van der Waals surface area contributed by atoms with E-state index in [9.17, 15) is 4.79 Å². The van der Waals surface area contributed by atoms with E-state index in [1.807, 2.05) is 0 Å². The van der Waals surface area contributed by atoms with Crippen molar-refractivity contribution in [3.05, 3.63) is 69.2 Å². The van der Waals surface area contributed by atoms with Crippen molar-refractivity contribution in [1.29, 1.82) is 0 Å². The van der Waals surface area contributed by atoms with Gasteiger partial charge in [-0.25, -0.2) is 5.43 Å². The molecule has 1 N–H and O–H groups in total. The topological polar surface area (TPSA) is 67.2 Å². The van der Waals surface area contributed by atoms with Crippen molar-refractivity contribution < 1.29 is 4.79 Å². The molecule has 0 aliphatic carbocycles. The molecule has 0 fully saturated rings. The number of carbonyl (C=O) groups excluding carboxylic acids is 1. The van der Waals surface area contributed by atoms with E-state index in [2.05, 4.69) is 51.9 Å². The number of amides is 1. The number of hydrazone groups is 1. The van der Waals surface area contributed by atoms with Gasteiger partial charge in [0, 0.05) is 5.75 Å². The zero-order valence-corrected chi connectivity index (χ0v) is 20.1. The third-order valence-electron chi connectivity index (χ3n) is 3.88. The fraction of sp³-hybridized carbons (Fsp3) is 0.200. The fourth-order valence-electron chi connectivity index (χ4n) is 2.23. The molecular weight excluding hydrogens is 479 g/mol. The predicted molar refractivity (Wildman–Crippen MR) is 128 cm³/mol. The quantitative estimate of drug-likeness (QED) is 0.232. The maximum absolute atomic E-state index is 12.1. The van der Waals surface area contributed by atoms with E-state index >= 15 is 0 Å². The minimum Gasteiger partial charge on any atom is -0.272 e. The van der Waals surface area contributed by atoms with Gasteiger partial charge in [-0.15, -0.1) is 10.2 Å². The first-order valence-electron chi connectivity index (χ1n) is 8.84. The highest BCUT2D eigenvalue weighted by atomic mass is 35.5. The van der Waals surface area contributed by atoms with Gasteiger partial charge in [-0.2, -0.15) is 5.10 Å². The number of rotatable bonds is 8. The van der Waals surface area contributed by atoms with Crippen molar-refractivity contribution >= 4 is 69.7 Å². The molecule has 2 aromatic carbocycles. The number of benzene rings is 2. The van der Waals surface area contributed by atoms with E-state index in [0.29, 0.717) is 15.8 Å². The van der Waals surface area contributed by atoms with E-state index in [0.717, 1.165) is 20.0 Å². The summed E-state index contributed by atoms with van der Waals surface area (Å²) in [5.74, 6) is 0.821. The minimum absolute atomic E-state index is 0.204. The molecule has 156 valence electrons. The van der Waals surface area contributed by atoms with Crippen LogP contribution in [0.25, 0.3) is 0 Å². The SMILES string of the molecule is C/C(=N/NC(=O)CSc1nnc(SCc2ccc(C)cc2)s1)c1ccc(Cl)c(Cl)c1. The summed E-state index contributed by atoms with van der Waals surface area (Å²) >= 11 is 16.4. The average molecular weight is 497 g/mol. The first-order valence-corrected chi connectivity index (χ1v) is 12.4. The Morgan fingerprint density at radius 2 is 1.77 bits per heavy atom. The lowest BCUT2D eigenvalue weighted by atomic mass is 10.1. The lowest BCUT2D eigenvalue weighted by Crippen LogP contribution is -2.21. The van der Waals surface area contributed by atoms with Crippen LogP contribution in [0.4, 0.5) is 0 Å². The van der Waals surface area contributed by atoms with E-state index < -0.39 is 0 Å². The first-order chi connectivity index (χ1) is 14.4. The zero-order chi connectivity index (χ0) is 21.5. The van der Waals surface area contributed by atoms with Gasteiger partial charge in [0.25, 0.3) is 5.91 Å². The maximum atomic E-state index is 12.1. The summed E-state index contributed by atoms with van der Waals surface area (Å²) in [4.78, 5) is 12.1. The molecule has 0 aliphatic heterocycles. The van der Waals surface area contributed by atoms with E-state index in [-0.39, 0.29) is 11.7 Å². The van der Waals surface area contributed by atoms with Crippen molar-refractivity contribution in [1.82, 2.24) is 15.6 Å². The highest BCUT2D eigenvalue weighted by molar-refractivity contribution is 8.03. The Balaban J connectivity index is 1.45. The number of nitrogens with zero attached hydrogens (tertiary/aromatic N) is 3. The standard InChI is InChI=1S/C20H18Cl2N4OS3/c1-12-3-5-14(6-4-12)10-28-19-25-26-20(30-19)29-11-18(27)24-23-13(2)15-7-8-16(21)17(22)9-15/h3-9H,10-11H2,1-2H3,(H,24,27)/b23-13-. The Kier molecular flexibility index (Phi) is 8.59. The lowest BCUT2D eigenvalue weighted by molar-refractivity contribution is -0.118. The van der Waals surface area contributed by atoms with Gasteiger partial charge in [-0.05, 0) is 37.1 Å². The normalized spacial score (nSPS) is 11.5. The second-order valence-corrected chi connectivity index (χ2v) is 10.5. The van der Waals surface area contributed by atoms with Crippen LogP contribution in [0.2, 0.25) is 10.0 Å². The second kappa shape index (κ2) is 11.2. The number of halogens is 2. The number of nitrogens with one attached hydrogen (secondary N) is 1. The summed E-state index contributed by atoms with van der Waals surface area (Å²) in [6, 6.07) is 13.6. The summed E-state index contributed by atoms with van der Waals surface area (Å²) < 4.78 is 1.63. The molecule has 30 heavy (non-hydrogen) atoms. The summed E-state index contributed by atoms with van der Waals surface area (Å²) in [5, 5.41) is 13.4. The average Bonchev–Trinajstić information content (AvgIpc) is 3.20. The summed E-state index contributed by atoms with van der Waals surface area (Å²) in [6.45, 7) is 3.86. The smallest absolute Gasteiger partial charge is 0.250 e. The van der Waals surface area contributed by atoms with Crippen LogP contribution in [0.3, 0.4) is 0 Å². The molecule has 0 radical (unpaired) electrons. The molecular formula is C20H18Cl2N4OS3. The first kappa shape index (κ1) is 23.1. The molecule has 3 aromatic rings. The predicted octanol–water partition coefficient (Wildman–Crippen LogP) is 6.08. The molecule has 1 aromatic heterocycles. The third kappa shape index (κ3) is 6.99. The largest absolute Gasteiger partial charge is 0.272 e. The molecule has 0 saturated heterocycles. The molecule has 0 saturated carbocycles. The number of thioether (sulfide) groups is 2.